The molecule has 0 spiro atoms. The monoisotopic (exact) mass is 251 g/mol. The maximum Gasteiger partial charge on any atom is 0.326 e. The molecule has 2 heterocycles. The Kier molecular flexibility index (Phi) is 3.36. The summed E-state index contributed by atoms with van der Waals surface area (Å²) in [5, 5.41) is 13.1. The Bertz CT molecular complexity index is 481. The van der Waals surface area contributed by atoms with E-state index >= 15 is 0 Å². The quantitative estimate of drug-likeness (QED) is 0.860. The Labute approximate surface area is 105 Å². The van der Waals surface area contributed by atoms with Crippen LogP contribution < -0.4 is 0 Å². The second-order valence-electron chi connectivity index (χ2n) is 4.62. The average molecular weight is 251 g/mol. The van der Waals surface area contributed by atoms with Crippen LogP contribution in [-0.2, 0) is 17.8 Å². The van der Waals surface area contributed by atoms with Gasteiger partial charge in [-0.2, -0.15) is 5.10 Å². The number of carbonyl (C=O) groups excluding carboxylic acids is 1. The molecule has 18 heavy (non-hydrogen) atoms. The number of nitrogens with zero attached hydrogens (tertiary/aromatic N) is 3. The van der Waals surface area contributed by atoms with Crippen LogP contribution in [0.3, 0.4) is 0 Å². The number of likely N-dealkylation sites (N-methyl/N-ethyl adjacent to an activating group) is 1. The molecule has 0 fully saturated rings. The fraction of sp³-hybridized carbons (Fsp3) is 0.583. The molecule has 1 aromatic heterocycles. The summed E-state index contributed by atoms with van der Waals surface area (Å²) in [6.07, 6.45) is 4.50. The molecular formula is C12H17N3O3. The summed E-state index contributed by atoms with van der Waals surface area (Å²) in [6.45, 7) is 2.33. The van der Waals surface area contributed by atoms with Crippen LogP contribution in [0.25, 0.3) is 0 Å². The third-order valence-corrected chi connectivity index (χ3v) is 3.47. The largest absolute Gasteiger partial charge is 0.480 e. The molecule has 2 rings (SSSR count). The lowest BCUT2D eigenvalue weighted by Gasteiger charge is -2.22. The SMILES string of the molecule is CC(C(=O)O)N(C)C(=O)c1cnn2c1CCCC2. The summed E-state index contributed by atoms with van der Waals surface area (Å²) in [6, 6.07) is -0.836. The first kappa shape index (κ1) is 12.6. The predicted octanol–water partition coefficient (Wildman–Crippen LogP) is 0.764. The molecule has 1 N–H and O–H groups in total. The summed E-state index contributed by atoms with van der Waals surface area (Å²) in [4.78, 5) is 24.4. The van der Waals surface area contributed by atoms with E-state index in [4.69, 9.17) is 5.11 Å². The van der Waals surface area contributed by atoms with Crippen molar-refractivity contribution < 1.29 is 14.7 Å². The van der Waals surface area contributed by atoms with Gasteiger partial charge in [-0.15, -0.1) is 0 Å². The maximum atomic E-state index is 12.2. The second-order valence-corrected chi connectivity index (χ2v) is 4.62. The number of hydrogen-bond donors (Lipinski definition) is 1. The van der Waals surface area contributed by atoms with E-state index in [0.717, 1.165) is 31.5 Å². The Morgan fingerprint density at radius 3 is 2.89 bits per heavy atom. The minimum atomic E-state index is -1.01. The summed E-state index contributed by atoms with van der Waals surface area (Å²) in [5.74, 6) is -1.28. The zero-order valence-corrected chi connectivity index (χ0v) is 10.6. The maximum absolute atomic E-state index is 12.2. The normalized spacial score (nSPS) is 15.9. The Hall–Kier alpha value is -1.85. The highest BCUT2D eigenvalue weighted by Crippen LogP contribution is 2.19. The van der Waals surface area contributed by atoms with Crippen LogP contribution in [0.4, 0.5) is 0 Å². The van der Waals surface area contributed by atoms with E-state index < -0.39 is 12.0 Å². The number of amides is 1. The number of carbonyl (C=O) groups is 2. The lowest BCUT2D eigenvalue weighted by molar-refractivity contribution is -0.141. The van der Waals surface area contributed by atoms with Gasteiger partial charge in [0.15, 0.2) is 0 Å². The molecule has 1 amide bonds. The van der Waals surface area contributed by atoms with E-state index in [-0.39, 0.29) is 5.91 Å². The topological polar surface area (TPSA) is 75.4 Å². The number of hydrogen-bond acceptors (Lipinski definition) is 3. The summed E-state index contributed by atoms with van der Waals surface area (Å²) in [5.41, 5.74) is 1.46. The predicted molar refractivity (Wildman–Crippen MR) is 64.4 cm³/mol. The van der Waals surface area contributed by atoms with Gasteiger partial charge >= 0.3 is 5.97 Å². The number of aliphatic carboxylic acids is 1. The molecule has 0 saturated carbocycles. The molecule has 1 atom stereocenters. The van der Waals surface area contributed by atoms with Crippen LogP contribution in [0.5, 0.6) is 0 Å². The standard InChI is InChI=1S/C12H17N3O3/c1-8(12(17)18)14(2)11(16)9-7-13-15-6-4-3-5-10(9)15/h7-8H,3-6H2,1-2H3,(H,17,18). The van der Waals surface area contributed by atoms with Crippen LogP contribution >= 0.6 is 0 Å². The van der Waals surface area contributed by atoms with Crippen molar-refractivity contribution in [1.29, 1.82) is 0 Å². The molecule has 0 radical (unpaired) electrons. The highest BCUT2D eigenvalue weighted by molar-refractivity contribution is 5.97. The van der Waals surface area contributed by atoms with Gasteiger partial charge in [-0.25, -0.2) is 4.79 Å². The molecule has 0 saturated heterocycles. The van der Waals surface area contributed by atoms with Gasteiger partial charge in [0.1, 0.15) is 6.04 Å². The van der Waals surface area contributed by atoms with Crippen LogP contribution in [0.2, 0.25) is 0 Å². The van der Waals surface area contributed by atoms with E-state index in [1.54, 1.807) is 6.20 Å². The molecule has 1 aromatic rings. The van der Waals surface area contributed by atoms with Crippen LogP contribution in [-0.4, -0.2) is 44.8 Å². The van der Waals surface area contributed by atoms with Crippen molar-refractivity contribution in [3.63, 3.8) is 0 Å². The molecule has 98 valence electrons. The van der Waals surface area contributed by atoms with E-state index in [1.165, 1.54) is 18.9 Å². The minimum absolute atomic E-state index is 0.270. The van der Waals surface area contributed by atoms with Crippen molar-refractivity contribution in [2.45, 2.75) is 38.8 Å². The van der Waals surface area contributed by atoms with Crippen molar-refractivity contribution in [2.24, 2.45) is 0 Å². The van der Waals surface area contributed by atoms with E-state index in [0.29, 0.717) is 5.56 Å². The van der Waals surface area contributed by atoms with Gasteiger partial charge in [-0.3, -0.25) is 9.48 Å². The van der Waals surface area contributed by atoms with Crippen LogP contribution in [0, 0.1) is 0 Å². The van der Waals surface area contributed by atoms with Crippen molar-refractivity contribution in [3.05, 3.63) is 17.5 Å². The molecular weight excluding hydrogens is 234 g/mol. The van der Waals surface area contributed by atoms with Gasteiger partial charge in [-0.1, -0.05) is 0 Å². The molecule has 1 aliphatic rings. The van der Waals surface area contributed by atoms with Gasteiger partial charge in [0, 0.05) is 13.6 Å². The zero-order valence-electron chi connectivity index (χ0n) is 10.6. The molecule has 0 bridgehead atoms. The number of aryl methyl sites for hydroxylation is 1. The smallest absolute Gasteiger partial charge is 0.326 e. The zero-order chi connectivity index (χ0) is 13.3. The third-order valence-electron chi connectivity index (χ3n) is 3.47. The summed E-state index contributed by atoms with van der Waals surface area (Å²) >= 11 is 0. The number of carboxylic acids is 1. The number of fused-ring (bicyclic) bond motifs is 1. The molecule has 6 heteroatoms. The highest BCUT2D eigenvalue weighted by atomic mass is 16.4. The minimum Gasteiger partial charge on any atom is -0.480 e. The van der Waals surface area contributed by atoms with E-state index in [9.17, 15) is 9.59 Å². The summed E-state index contributed by atoms with van der Waals surface area (Å²) in [7, 11) is 1.51. The molecule has 1 aliphatic heterocycles. The fourth-order valence-electron chi connectivity index (χ4n) is 2.13. The summed E-state index contributed by atoms with van der Waals surface area (Å²) < 4.78 is 1.84. The fourth-order valence-corrected chi connectivity index (χ4v) is 2.13. The van der Waals surface area contributed by atoms with E-state index in [1.807, 2.05) is 4.68 Å². The number of carboxylic acid groups (broad SMARTS) is 1. The number of aromatic nitrogens is 2. The van der Waals surface area contributed by atoms with Crippen molar-refractivity contribution in [2.75, 3.05) is 7.05 Å². The Balaban J connectivity index is 2.24. The first-order chi connectivity index (χ1) is 8.52. The van der Waals surface area contributed by atoms with Crippen molar-refractivity contribution in [1.82, 2.24) is 14.7 Å². The first-order valence-corrected chi connectivity index (χ1v) is 6.07. The Morgan fingerprint density at radius 1 is 1.50 bits per heavy atom. The second kappa shape index (κ2) is 4.80. The lowest BCUT2D eigenvalue weighted by Crippen LogP contribution is -2.40. The molecule has 6 nitrogen and oxygen atoms in total. The van der Waals surface area contributed by atoms with Gasteiger partial charge < -0.3 is 10.0 Å². The van der Waals surface area contributed by atoms with Gasteiger partial charge in [0.2, 0.25) is 0 Å². The lowest BCUT2D eigenvalue weighted by atomic mass is 10.1. The molecule has 1 unspecified atom stereocenters. The molecule has 0 aliphatic carbocycles. The highest BCUT2D eigenvalue weighted by Gasteiger charge is 2.27. The van der Waals surface area contributed by atoms with Crippen LogP contribution in [0.1, 0.15) is 35.8 Å². The number of rotatable bonds is 3. The van der Waals surface area contributed by atoms with E-state index in [2.05, 4.69) is 5.10 Å². The van der Waals surface area contributed by atoms with Gasteiger partial charge in [0.05, 0.1) is 17.5 Å². The van der Waals surface area contributed by atoms with Crippen LogP contribution in [0.15, 0.2) is 6.20 Å². The van der Waals surface area contributed by atoms with Crippen molar-refractivity contribution >= 4 is 11.9 Å². The van der Waals surface area contributed by atoms with Crippen molar-refractivity contribution in [3.8, 4) is 0 Å². The average Bonchev–Trinajstić information content (AvgIpc) is 2.79. The van der Waals surface area contributed by atoms with Gasteiger partial charge in [-0.05, 0) is 26.2 Å². The Morgan fingerprint density at radius 2 is 2.22 bits per heavy atom. The van der Waals surface area contributed by atoms with Gasteiger partial charge in [0.25, 0.3) is 5.91 Å². The third kappa shape index (κ3) is 2.10. The molecule has 0 aromatic carbocycles. The first-order valence-electron chi connectivity index (χ1n) is 6.07.